The van der Waals surface area contributed by atoms with Gasteiger partial charge in [-0.3, -0.25) is 4.79 Å². The average Bonchev–Trinajstić information content (AvgIpc) is 2.46. The van der Waals surface area contributed by atoms with Crippen molar-refractivity contribution >= 4 is 17.5 Å². The Labute approximate surface area is 120 Å². The summed E-state index contributed by atoms with van der Waals surface area (Å²) in [7, 11) is 0. The van der Waals surface area contributed by atoms with Crippen molar-refractivity contribution in [3.05, 3.63) is 18.2 Å². The summed E-state index contributed by atoms with van der Waals surface area (Å²) in [6.45, 7) is 7.34. The minimum atomic E-state index is 0.0624. The summed E-state index contributed by atoms with van der Waals surface area (Å²) in [4.78, 5) is 17.9. The van der Waals surface area contributed by atoms with Crippen LogP contribution in [0.5, 0.6) is 0 Å². The highest BCUT2D eigenvalue weighted by Gasteiger charge is 2.20. The second-order valence-electron chi connectivity index (χ2n) is 5.28. The van der Waals surface area contributed by atoms with Crippen LogP contribution in [0.25, 0.3) is 0 Å². The van der Waals surface area contributed by atoms with Gasteiger partial charge in [0, 0.05) is 33.1 Å². The van der Waals surface area contributed by atoms with Crippen molar-refractivity contribution in [1.29, 1.82) is 0 Å². The van der Waals surface area contributed by atoms with Gasteiger partial charge in [-0.15, -0.1) is 0 Å². The zero-order chi connectivity index (χ0) is 14.4. The van der Waals surface area contributed by atoms with Crippen molar-refractivity contribution in [3.63, 3.8) is 0 Å². The highest BCUT2D eigenvalue weighted by Crippen LogP contribution is 2.22. The molecule has 2 rings (SSSR count). The van der Waals surface area contributed by atoms with E-state index < -0.39 is 0 Å². The standard InChI is InChI=1S/C15H24N4O/c1-3-16-14-5-4-6-15(18-14)19-9-7-13(8-10-19)11-17-12(2)20/h4-6,13H,3,7-11H2,1-2H3,(H,16,18)(H,17,20). The lowest BCUT2D eigenvalue weighted by Crippen LogP contribution is -2.38. The molecule has 1 amide bonds. The number of pyridine rings is 1. The fourth-order valence-electron chi connectivity index (χ4n) is 2.53. The predicted octanol–water partition coefficient (Wildman–Crippen LogP) is 1.87. The number of piperidine rings is 1. The van der Waals surface area contributed by atoms with Gasteiger partial charge >= 0.3 is 0 Å². The largest absolute Gasteiger partial charge is 0.370 e. The van der Waals surface area contributed by atoms with Crippen LogP contribution in [0, 0.1) is 5.92 Å². The minimum absolute atomic E-state index is 0.0624. The van der Waals surface area contributed by atoms with E-state index in [4.69, 9.17) is 0 Å². The van der Waals surface area contributed by atoms with Gasteiger partial charge in [0.05, 0.1) is 0 Å². The van der Waals surface area contributed by atoms with Gasteiger partial charge < -0.3 is 15.5 Å². The predicted molar refractivity (Wildman–Crippen MR) is 82.0 cm³/mol. The molecule has 0 aliphatic carbocycles. The molecule has 1 aliphatic heterocycles. The maximum atomic E-state index is 10.9. The number of anilines is 2. The summed E-state index contributed by atoms with van der Waals surface area (Å²) in [5.41, 5.74) is 0. The van der Waals surface area contributed by atoms with Crippen LogP contribution in [0.1, 0.15) is 26.7 Å². The Bertz CT molecular complexity index is 441. The smallest absolute Gasteiger partial charge is 0.216 e. The van der Waals surface area contributed by atoms with E-state index in [1.54, 1.807) is 6.92 Å². The highest BCUT2D eigenvalue weighted by molar-refractivity contribution is 5.72. The minimum Gasteiger partial charge on any atom is -0.370 e. The highest BCUT2D eigenvalue weighted by atomic mass is 16.1. The summed E-state index contributed by atoms with van der Waals surface area (Å²) >= 11 is 0. The molecule has 0 unspecified atom stereocenters. The number of rotatable bonds is 5. The lowest BCUT2D eigenvalue weighted by Gasteiger charge is -2.33. The number of carbonyl (C=O) groups is 1. The molecule has 5 heteroatoms. The molecule has 1 aliphatic rings. The number of hydrogen-bond donors (Lipinski definition) is 2. The van der Waals surface area contributed by atoms with Crippen molar-refractivity contribution < 1.29 is 4.79 Å². The average molecular weight is 276 g/mol. The number of amides is 1. The third kappa shape index (κ3) is 4.11. The monoisotopic (exact) mass is 276 g/mol. The van der Waals surface area contributed by atoms with Crippen LogP contribution in [-0.4, -0.2) is 37.1 Å². The third-order valence-electron chi connectivity index (χ3n) is 3.67. The van der Waals surface area contributed by atoms with Gasteiger partial charge in [0.15, 0.2) is 0 Å². The molecule has 1 aromatic heterocycles. The molecule has 0 aromatic carbocycles. The van der Waals surface area contributed by atoms with Gasteiger partial charge in [0.1, 0.15) is 11.6 Å². The maximum absolute atomic E-state index is 10.9. The normalized spacial score (nSPS) is 16.0. The quantitative estimate of drug-likeness (QED) is 0.862. The summed E-state index contributed by atoms with van der Waals surface area (Å²) in [5, 5.41) is 6.16. The van der Waals surface area contributed by atoms with E-state index in [1.165, 1.54) is 0 Å². The number of nitrogens with one attached hydrogen (secondary N) is 2. The molecular weight excluding hydrogens is 252 g/mol. The molecular formula is C15H24N4O. The molecule has 0 bridgehead atoms. The first-order chi connectivity index (χ1) is 9.69. The number of nitrogens with zero attached hydrogens (tertiary/aromatic N) is 2. The maximum Gasteiger partial charge on any atom is 0.216 e. The number of aromatic nitrogens is 1. The van der Waals surface area contributed by atoms with E-state index in [0.29, 0.717) is 5.92 Å². The van der Waals surface area contributed by atoms with Crippen LogP contribution in [0.4, 0.5) is 11.6 Å². The van der Waals surface area contributed by atoms with Gasteiger partial charge in [0.25, 0.3) is 0 Å². The Balaban J connectivity index is 1.86. The zero-order valence-corrected chi connectivity index (χ0v) is 12.4. The summed E-state index contributed by atoms with van der Waals surface area (Å²) in [6, 6.07) is 6.11. The van der Waals surface area contributed by atoms with Crippen LogP contribution in [-0.2, 0) is 4.79 Å². The van der Waals surface area contributed by atoms with Gasteiger partial charge in [-0.05, 0) is 37.8 Å². The lowest BCUT2D eigenvalue weighted by atomic mass is 9.97. The van der Waals surface area contributed by atoms with Crippen molar-refractivity contribution in [1.82, 2.24) is 10.3 Å². The van der Waals surface area contributed by atoms with E-state index in [2.05, 4.69) is 33.5 Å². The van der Waals surface area contributed by atoms with Crippen molar-refractivity contribution in [2.75, 3.05) is 36.4 Å². The van der Waals surface area contributed by atoms with Crippen LogP contribution in [0.3, 0.4) is 0 Å². The first-order valence-electron chi connectivity index (χ1n) is 7.39. The summed E-state index contributed by atoms with van der Waals surface area (Å²) in [6.07, 6.45) is 2.21. The molecule has 0 atom stereocenters. The zero-order valence-electron chi connectivity index (χ0n) is 12.4. The van der Waals surface area contributed by atoms with Crippen LogP contribution >= 0.6 is 0 Å². The first kappa shape index (κ1) is 14.6. The summed E-state index contributed by atoms with van der Waals surface area (Å²) in [5.74, 6) is 2.63. The second-order valence-corrected chi connectivity index (χ2v) is 5.28. The molecule has 2 N–H and O–H groups in total. The molecule has 1 aromatic rings. The fraction of sp³-hybridized carbons (Fsp3) is 0.600. The van der Waals surface area contributed by atoms with E-state index in [-0.39, 0.29) is 5.91 Å². The molecule has 0 spiro atoms. The van der Waals surface area contributed by atoms with E-state index in [0.717, 1.165) is 50.7 Å². The summed E-state index contributed by atoms with van der Waals surface area (Å²) < 4.78 is 0. The molecule has 5 nitrogen and oxygen atoms in total. The molecule has 2 heterocycles. The van der Waals surface area contributed by atoms with Crippen LogP contribution in [0.15, 0.2) is 18.2 Å². The van der Waals surface area contributed by atoms with Crippen LogP contribution in [0.2, 0.25) is 0 Å². The molecule has 1 saturated heterocycles. The van der Waals surface area contributed by atoms with E-state index in [9.17, 15) is 4.79 Å². The van der Waals surface area contributed by atoms with Gasteiger partial charge in [-0.2, -0.15) is 0 Å². The van der Waals surface area contributed by atoms with Crippen molar-refractivity contribution in [2.45, 2.75) is 26.7 Å². The van der Waals surface area contributed by atoms with E-state index >= 15 is 0 Å². The van der Waals surface area contributed by atoms with Gasteiger partial charge in [0.2, 0.25) is 5.91 Å². The Hall–Kier alpha value is -1.78. The van der Waals surface area contributed by atoms with E-state index in [1.807, 2.05) is 12.1 Å². The molecule has 20 heavy (non-hydrogen) atoms. The Kier molecular flexibility index (Phi) is 5.21. The molecule has 110 valence electrons. The van der Waals surface area contributed by atoms with Gasteiger partial charge in [-0.25, -0.2) is 4.98 Å². The molecule has 1 fully saturated rings. The Morgan fingerprint density at radius 3 is 2.80 bits per heavy atom. The Morgan fingerprint density at radius 1 is 1.40 bits per heavy atom. The molecule has 0 radical (unpaired) electrons. The van der Waals surface area contributed by atoms with Crippen molar-refractivity contribution in [3.8, 4) is 0 Å². The SMILES string of the molecule is CCNc1cccc(N2CCC(CNC(C)=O)CC2)n1. The second kappa shape index (κ2) is 7.12. The number of hydrogen-bond acceptors (Lipinski definition) is 4. The van der Waals surface area contributed by atoms with Crippen molar-refractivity contribution in [2.24, 2.45) is 5.92 Å². The topological polar surface area (TPSA) is 57.3 Å². The first-order valence-corrected chi connectivity index (χ1v) is 7.39. The third-order valence-corrected chi connectivity index (χ3v) is 3.67. The van der Waals surface area contributed by atoms with Crippen LogP contribution < -0.4 is 15.5 Å². The lowest BCUT2D eigenvalue weighted by molar-refractivity contribution is -0.119. The molecule has 0 saturated carbocycles. The Morgan fingerprint density at radius 2 is 2.15 bits per heavy atom. The van der Waals surface area contributed by atoms with Gasteiger partial charge in [-0.1, -0.05) is 6.07 Å². The fourth-order valence-corrected chi connectivity index (χ4v) is 2.53. The number of carbonyl (C=O) groups excluding carboxylic acids is 1.